The second kappa shape index (κ2) is 6.42. The normalized spacial score (nSPS) is 21.5. The van der Waals surface area contributed by atoms with Crippen LogP contribution in [0, 0.1) is 5.92 Å². The van der Waals surface area contributed by atoms with Gasteiger partial charge in [0.05, 0.1) is 11.4 Å². The summed E-state index contributed by atoms with van der Waals surface area (Å²) in [5, 5.41) is 4.77. The van der Waals surface area contributed by atoms with Crippen molar-refractivity contribution < 1.29 is 4.79 Å². The van der Waals surface area contributed by atoms with Crippen LogP contribution in [0.2, 0.25) is 0 Å². The summed E-state index contributed by atoms with van der Waals surface area (Å²) in [4.78, 5) is 15.2. The van der Waals surface area contributed by atoms with Gasteiger partial charge in [0.25, 0.3) is 5.91 Å². The molecule has 4 rings (SSSR count). The van der Waals surface area contributed by atoms with E-state index in [1.165, 1.54) is 19.3 Å². The van der Waals surface area contributed by atoms with E-state index in [0.717, 1.165) is 43.0 Å². The lowest BCUT2D eigenvalue weighted by molar-refractivity contribution is 0.0751. The van der Waals surface area contributed by atoms with Crippen molar-refractivity contribution >= 4 is 5.91 Å². The molecule has 0 spiro atoms. The van der Waals surface area contributed by atoms with Crippen molar-refractivity contribution in [3.05, 3.63) is 47.8 Å². The first-order valence-electron chi connectivity index (χ1n) is 9.17. The number of hydrogen-bond donors (Lipinski definition) is 0. The van der Waals surface area contributed by atoms with Crippen LogP contribution in [0.1, 0.15) is 61.1 Å². The molecule has 4 nitrogen and oxygen atoms in total. The second-order valence-electron chi connectivity index (χ2n) is 7.30. The summed E-state index contributed by atoms with van der Waals surface area (Å²) in [5.74, 6) is 1.39. The third-order valence-electron chi connectivity index (χ3n) is 5.25. The monoisotopic (exact) mass is 323 g/mol. The lowest BCUT2D eigenvalue weighted by Gasteiger charge is -2.20. The van der Waals surface area contributed by atoms with Gasteiger partial charge < -0.3 is 4.90 Å². The molecule has 1 aromatic heterocycles. The summed E-state index contributed by atoms with van der Waals surface area (Å²) >= 11 is 0. The molecular weight excluding hydrogens is 298 g/mol. The fraction of sp³-hybridized carbons (Fsp3) is 0.500. The number of aromatic nitrogens is 2. The van der Waals surface area contributed by atoms with Crippen LogP contribution in [0.3, 0.4) is 0 Å². The number of carbonyl (C=O) groups excluding carboxylic acids is 1. The fourth-order valence-corrected chi connectivity index (χ4v) is 3.52. The van der Waals surface area contributed by atoms with E-state index in [1.807, 2.05) is 46.0 Å². The molecule has 1 aromatic carbocycles. The lowest BCUT2D eigenvalue weighted by Crippen LogP contribution is -2.33. The van der Waals surface area contributed by atoms with Crippen LogP contribution >= 0.6 is 0 Å². The van der Waals surface area contributed by atoms with Gasteiger partial charge in [0.1, 0.15) is 5.69 Å². The smallest absolute Gasteiger partial charge is 0.272 e. The number of amides is 1. The first kappa shape index (κ1) is 15.4. The highest BCUT2D eigenvalue weighted by Crippen LogP contribution is 2.40. The largest absolute Gasteiger partial charge is 0.337 e. The summed E-state index contributed by atoms with van der Waals surface area (Å²) in [6.45, 7) is 4.01. The number of rotatable bonds is 3. The first-order valence-corrected chi connectivity index (χ1v) is 9.17. The topological polar surface area (TPSA) is 38.1 Å². The average molecular weight is 323 g/mol. The van der Waals surface area contributed by atoms with Crippen molar-refractivity contribution in [1.29, 1.82) is 0 Å². The number of likely N-dealkylation sites (tertiary alicyclic amines) is 1. The number of benzene rings is 1. The van der Waals surface area contributed by atoms with Gasteiger partial charge in [0, 0.05) is 19.0 Å². The number of nitrogens with zero attached hydrogens (tertiary/aromatic N) is 3. The third-order valence-corrected chi connectivity index (χ3v) is 5.25. The molecule has 1 saturated heterocycles. The molecule has 1 saturated carbocycles. The van der Waals surface area contributed by atoms with Gasteiger partial charge in [-0.25, -0.2) is 4.68 Å². The molecule has 126 valence electrons. The molecule has 1 aliphatic heterocycles. The molecule has 4 heteroatoms. The van der Waals surface area contributed by atoms with E-state index in [0.29, 0.717) is 11.8 Å². The van der Waals surface area contributed by atoms with Crippen molar-refractivity contribution in [1.82, 2.24) is 14.7 Å². The van der Waals surface area contributed by atoms with Gasteiger partial charge >= 0.3 is 0 Å². The van der Waals surface area contributed by atoms with Crippen molar-refractivity contribution in [3.63, 3.8) is 0 Å². The van der Waals surface area contributed by atoms with Gasteiger partial charge in [-0.1, -0.05) is 25.1 Å². The molecule has 1 unspecified atom stereocenters. The maximum atomic E-state index is 13.2. The van der Waals surface area contributed by atoms with Gasteiger partial charge in [-0.05, 0) is 56.2 Å². The van der Waals surface area contributed by atoms with E-state index in [4.69, 9.17) is 5.10 Å². The third kappa shape index (κ3) is 3.10. The highest BCUT2D eigenvalue weighted by atomic mass is 16.2. The van der Waals surface area contributed by atoms with Crippen LogP contribution in [-0.2, 0) is 0 Å². The van der Waals surface area contributed by atoms with E-state index >= 15 is 0 Å². The van der Waals surface area contributed by atoms with Gasteiger partial charge in [0.15, 0.2) is 0 Å². The Kier molecular flexibility index (Phi) is 4.13. The summed E-state index contributed by atoms with van der Waals surface area (Å²) in [6, 6.07) is 12.1. The molecule has 0 N–H and O–H groups in total. The SMILES string of the molecule is CC1CCCN(C(=O)c2cc(C3CC3)nn2-c2ccccc2)CC1. The Morgan fingerprint density at radius 3 is 2.62 bits per heavy atom. The molecule has 1 atom stereocenters. The Hall–Kier alpha value is -2.10. The van der Waals surface area contributed by atoms with Crippen LogP contribution in [0.5, 0.6) is 0 Å². The van der Waals surface area contributed by atoms with Crippen molar-refractivity contribution in [3.8, 4) is 5.69 Å². The molecule has 2 fully saturated rings. The number of carbonyl (C=O) groups is 1. The Balaban J connectivity index is 1.67. The van der Waals surface area contributed by atoms with Crippen LogP contribution in [0.15, 0.2) is 36.4 Å². The molecule has 24 heavy (non-hydrogen) atoms. The molecule has 2 aromatic rings. The van der Waals surface area contributed by atoms with E-state index in [2.05, 4.69) is 6.92 Å². The Morgan fingerprint density at radius 1 is 1.08 bits per heavy atom. The lowest BCUT2D eigenvalue weighted by atomic mass is 10.0. The van der Waals surface area contributed by atoms with Crippen LogP contribution in [0.25, 0.3) is 5.69 Å². The molecule has 0 bridgehead atoms. The molecule has 0 radical (unpaired) electrons. The Morgan fingerprint density at radius 2 is 1.88 bits per heavy atom. The van der Waals surface area contributed by atoms with Crippen LogP contribution < -0.4 is 0 Å². The standard InChI is InChI=1S/C20H25N3O/c1-15-6-5-12-22(13-11-15)20(24)19-14-18(16-9-10-16)21-23(19)17-7-3-2-4-8-17/h2-4,7-8,14-16H,5-6,9-13H2,1H3. The van der Waals surface area contributed by atoms with Crippen molar-refractivity contribution in [2.24, 2.45) is 5.92 Å². The minimum Gasteiger partial charge on any atom is -0.337 e. The van der Waals surface area contributed by atoms with E-state index < -0.39 is 0 Å². The molecule has 2 heterocycles. The Labute approximate surface area is 143 Å². The van der Waals surface area contributed by atoms with Crippen molar-refractivity contribution in [2.45, 2.75) is 44.9 Å². The van der Waals surface area contributed by atoms with Crippen LogP contribution in [-0.4, -0.2) is 33.7 Å². The molecule has 1 amide bonds. The van der Waals surface area contributed by atoms with Gasteiger partial charge in [-0.15, -0.1) is 0 Å². The molecule has 1 aliphatic carbocycles. The highest BCUT2D eigenvalue weighted by Gasteiger charge is 2.30. The second-order valence-corrected chi connectivity index (χ2v) is 7.30. The van der Waals surface area contributed by atoms with Gasteiger partial charge in [0.2, 0.25) is 0 Å². The van der Waals surface area contributed by atoms with E-state index in [-0.39, 0.29) is 5.91 Å². The molecule has 2 aliphatic rings. The maximum absolute atomic E-state index is 13.2. The van der Waals surface area contributed by atoms with Crippen molar-refractivity contribution in [2.75, 3.05) is 13.1 Å². The first-order chi connectivity index (χ1) is 11.7. The predicted molar refractivity (Wildman–Crippen MR) is 94.5 cm³/mol. The summed E-state index contributed by atoms with van der Waals surface area (Å²) < 4.78 is 1.85. The number of para-hydroxylation sites is 1. The van der Waals surface area contributed by atoms with Gasteiger partial charge in [-0.3, -0.25) is 4.79 Å². The quantitative estimate of drug-likeness (QED) is 0.856. The zero-order chi connectivity index (χ0) is 16.5. The fourth-order valence-electron chi connectivity index (χ4n) is 3.52. The molecular formula is C20H25N3O. The summed E-state index contributed by atoms with van der Waals surface area (Å²) in [6.07, 6.45) is 5.80. The minimum atomic E-state index is 0.132. The number of hydrogen-bond acceptors (Lipinski definition) is 2. The summed E-state index contributed by atoms with van der Waals surface area (Å²) in [7, 11) is 0. The highest BCUT2D eigenvalue weighted by molar-refractivity contribution is 5.93. The van der Waals surface area contributed by atoms with E-state index in [1.54, 1.807) is 0 Å². The Bertz CT molecular complexity index is 718. The average Bonchev–Trinajstić information content (AvgIpc) is 3.39. The predicted octanol–water partition coefficient (Wildman–Crippen LogP) is 4.01. The van der Waals surface area contributed by atoms with E-state index in [9.17, 15) is 4.79 Å². The van der Waals surface area contributed by atoms with Gasteiger partial charge in [-0.2, -0.15) is 5.10 Å². The maximum Gasteiger partial charge on any atom is 0.272 e. The zero-order valence-corrected chi connectivity index (χ0v) is 14.3. The zero-order valence-electron chi connectivity index (χ0n) is 14.3. The van der Waals surface area contributed by atoms with Crippen LogP contribution in [0.4, 0.5) is 0 Å². The summed E-state index contributed by atoms with van der Waals surface area (Å²) in [5.41, 5.74) is 2.76. The minimum absolute atomic E-state index is 0.132.